The van der Waals surface area contributed by atoms with Gasteiger partial charge in [0.2, 0.25) is 0 Å². The first-order valence-electron chi connectivity index (χ1n) is 8.36. The zero-order valence-electron chi connectivity index (χ0n) is 15.9. The summed E-state index contributed by atoms with van der Waals surface area (Å²) in [5.74, 6) is -20.7. The Bertz CT molecular complexity index is 1450. The van der Waals surface area contributed by atoms with Gasteiger partial charge < -0.3 is 9.84 Å². The van der Waals surface area contributed by atoms with Gasteiger partial charge >= 0.3 is 5.97 Å². The Kier molecular flexibility index (Phi) is 6.06. The third kappa shape index (κ3) is 3.86. The van der Waals surface area contributed by atoms with Gasteiger partial charge in [-0.05, 0) is 24.3 Å². The van der Waals surface area contributed by atoms with Gasteiger partial charge in [-0.3, -0.25) is 0 Å². The molecule has 0 N–H and O–H groups in total. The third-order valence-electron chi connectivity index (χ3n) is 4.33. The number of hydrogen-bond donors (Lipinski definition) is 0. The maximum atomic E-state index is 14.6. The molecule has 0 bridgehead atoms. The number of nitrogens with zero attached hydrogens (tertiary/aromatic N) is 1. The average Bonchev–Trinajstić information content (AvgIpc) is 2.77. The van der Waals surface area contributed by atoms with E-state index >= 15 is 0 Å². The van der Waals surface area contributed by atoms with Crippen molar-refractivity contribution in [1.82, 2.24) is 0 Å². The molecule has 0 aromatic heterocycles. The molecule has 14 heteroatoms. The van der Waals surface area contributed by atoms with E-state index in [-0.39, 0.29) is 5.56 Å². The number of halogens is 7. The summed E-state index contributed by atoms with van der Waals surface area (Å²) in [5.41, 5.74) is -2.21. The number of esters is 1. The van der Waals surface area contributed by atoms with Crippen molar-refractivity contribution in [2.45, 2.75) is 4.90 Å². The number of methoxy groups -OCH3 is 1. The van der Waals surface area contributed by atoms with E-state index in [9.17, 15) is 49.1 Å². The second-order valence-electron chi connectivity index (χ2n) is 6.21. The summed E-state index contributed by atoms with van der Waals surface area (Å²) >= 11 is 0. The van der Waals surface area contributed by atoms with Gasteiger partial charge in [0.25, 0.3) is 10.0 Å². The van der Waals surface area contributed by atoms with E-state index in [1.165, 1.54) is 0 Å². The Morgan fingerprint density at radius 3 is 1.73 bits per heavy atom. The van der Waals surface area contributed by atoms with Crippen LogP contribution in [0.2, 0.25) is 0 Å². The van der Waals surface area contributed by atoms with Crippen molar-refractivity contribution in [1.29, 1.82) is 0 Å². The zero-order chi connectivity index (χ0) is 24.8. The smallest absolute Gasteiger partial charge is 0.337 e. The second kappa shape index (κ2) is 8.35. The molecule has 0 atom stereocenters. The van der Waals surface area contributed by atoms with E-state index in [4.69, 9.17) is 0 Å². The molecule has 3 aromatic carbocycles. The Morgan fingerprint density at radius 2 is 1.24 bits per heavy atom. The maximum Gasteiger partial charge on any atom is 0.337 e. The summed E-state index contributed by atoms with van der Waals surface area (Å²) in [6.45, 7) is 0. The zero-order valence-corrected chi connectivity index (χ0v) is 16.7. The molecule has 174 valence electrons. The lowest BCUT2D eigenvalue weighted by molar-refractivity contribution is -0.212. The molecule has 0 saturated heterocycles. The van der Waals surface area contributed by atoms with Crippen LogP contribution in [0.1, 0.15) is 15.9 Å². The topological polar surface area (TPSA) is 95.9 Å². The van der Waals surface area contributed by atoms with E-state index in [1.807, 2.05) is 0 Å². The van der Waals surface area contributed by atoms with E-state index in [2.05, 4.69) is 9.13 Å². The Morgan fingerprint density at radius 1 is 0.788 bits per heavy atom. The predicted molar refractivity (Wildman–Crippen MR) is 95.2 cm³/mol. The molecule has 0 radical (unpaired) electrons. The number of hydrogen-bond acceptors (Lipinski definition) is 5. The number of carbonyl (C=O) groups is 1. The largest absolute Gasteiger partial charge is 0.857 e. The fourth-order valence-corrected chi connectivity index (χ4v) is 3.66. The third-order valence-corrected chi connectivity index (χ3v) is 5.60. The molecule has 0 heterocycles. The van der Waals surface area contributed by atoms with Gasteiger partial charge in [-0.2, -0.15) is 12.8 Å². The monoisotopic (exact) mass is 494 g/mol. The van der Waals surface area contributed by atoms with Crippen LogP contribution in [-0.4, -0.2) is 27.4 Å². The predicted octanol–water partition coefficient (Wildman–Crippen LogP) is 3.10. The molecule has 6 nitrogen and oxygen atoms in total. The van der Waals surface area contributed by atoms with Crippen LogP contribution in [0.3, 0.4) is 0 Å². The fraction of sp³-hybridized carbons (Fsp3) is 0.0526. The number of benzene rings is 3. The van der Waals surface area contributed by atoms with Crippen molar-refractivity contribution in [2.75, 3.05) is 7.11 Å². The van der Waals surface area contributed by atoms with E-state index in [0.29, 0.717) is 0 Å². The van der Waals surface area contributed by atoms with Crippen molar-refractivity contribution < 1.29 is 53.8 Å². The van der Waals surface area contributed by atoms with Crippen LogP contribution in [0, 0.1) is 40.7 Å². The molecule has 0 saturated carbocycles. The number of carbonyl (C=O) groups excluding carboxylic acids is 1. The van der Waals surface area contributed by atoms with Crippen molar-refractivity contribution in [2.24, 2.45) is 4.40 Å². The Balaban J connectivity index is 2.23. The normalized spacial score (nSPS) is 12.3. The van der Waals surface area contributed by atoms with Gasteiger partial charge in [0.1, 0.15) is 5.82 Å². The highest BCUT2D eigenvalue weighted by Gasteiger charge is 2.31. The quantitative estimate of drug-likeness (QED) is 0.139. The highest BCUT2D eigenvalue weighted by Crippen LogP contribution is 2.34. The molecule has 0 aliphatic rings. The van der Waals surface area contributed by atoms with E-state index < -0.39 is 83.8 Å². The van der Waals surface area contributed by atoms with Gasteiger partial charge in [0, 0.05) is 5.90 Å². The maximum absolute atomic E-state index is 14.6. The van der Waals surface area contributed by atoms with Gasteiger partial charge in [0.15, 0.2) is 34.9 Å². The van der Waals surface area contributed by atoms with Crippen molar-refractivity contribution in [3.8, 4) is 0 Å². The molecule has 0 unspecified atom stereocenters. The molecular weight excluding hydrogens is 487 g/mol. The molecule has 0 fully saturated rings. The summed E-state index contributed by atoms with van der Waals surface area (Å²) < 4.78 is 129. The average molecular weight is 494 g/mol. The molecular formula is C19H7F7NO5S-. The molecule has 0 aliphatic carbocycles. The lowest BCUT2D eigenvalue weighted by Crippen LogP contribution is -2.25. The van der Waals surface area contributed by atoms with Crippen molar-refractivity contribution in [3.05, 3.63) is 76.1 Å². The SMILES string of the molecule is COC(=O)c1ccc(S(=O)(=O)/N=C(\[O-])c2c(F)c(F)c3c(F)c(F)c(F)c(F)c3c2F)cc1. The minimum Gasteiger partial charge on any atom is -0.857 e. The standard InChI is InChI=1S/C19H8F7NO5S/c1-32-19(29)6-2-4-7(5-3-6)33(30,31)27-18(28)10-11(20)8-9(12(21)15(10)24)14(23)17(26)16(25)13(8)22/h2-5H,1H3,(H,27,28)/p-1. The Labute approximate surface area is 179 Å². The molecule has 3 rings (SSSR count). The van der Waals surface area contributed by atoms with E-state index in [1.54, 1.807) is 0 Å². The summed E-state index contributed by atoms with van der Waals surface area (Å²) in [6.07, 6.45) is 0. The first kappa shape index (κ1) is 24.0. The van der Waals surface area contributed by atoms with Gasteiger partial charge in [0.05, 0.1) is 33.9 Å². The van der Waals surface area contributed by atoms with Gasteiger partial charge in [-0.15, -0.1) is 0 Å². The highest BCUT2D eigenvalue weighted by atomic mass is 32.2. The van der Waals surface area contributed by atoms with Crippen LogP contribution in [0.5, 0.6) is 0 Å². The summed E-state index contributed by atoms with van der Waals surface area (Å²) in [4.78, 5) is 10.6. The first-order chi connectivity index (χ1) is 15.3. The molecule has 0 amide bonds. The summed E-state index contributed by atoms with van der Waals surface area (Å²) in [7, 11) is -3.98. The van der Waals surface area contributed by atoms with Crippen LogP contribution >= 0.6 is 0 Å². The summed E-state index contributed by atoms with van der Waals surface area (Å²) in [6, 6.07) is 3.45. The minimum atomic E-state index is -5.02. The molecule has 3 aromatic rings. The van der Waals surface area contributed by atoms with Crippen LogP contribution in [-0.2, 0) is 14.8 Å². The first-order valence-corrected chi connectivity index (χ1v) is 9.80. The summed E-state index contributed by atoms with van der Waals surface area (Å²) in [5, 5.41) is 8.25. The second-order valence-corrected chi connectivity index (χ2v) is 7.81. The number of fused-ring (bicyclic) bond motifs is 1. The van der Waals surface area contributed by atoms with Crippen LogP contribution in [0.25, 0.3) is 10.8 Å². The number of rotatable bonds is 4. The lowest BCUT2D eigenvalue weighted by atomic mass is 10.0. The Hall–Kier alpha value is -3.68. The van der Waals surface area contributed by atoms with Crippen molar-refractivity contribution in [3.63, 3.8) is 0 Å². The molecule has 33 heavy (non-hydrogen) atoms. The van der Waals surface area contributed by atoms with Crippen LogP contribution < -0.4 is 5.11 Å². The fourth-order valence-electron chi connectivity index (χ4n) is 2.76. The van der Waals surface area contributed by atoms with Gasteiger partial charge in [-0.1, -0.05) is 0 Å². The number of ether oxygens (including phenoxy) is 1. The van der Waals surface area contributed by atoms with E-state index in [0.717, 1.165) is 31.4 Å². The van der Waals surface area contributed by atoms with Gasteiger partial charge in [-0.25, -0.2) is 35.5 Å². The highest BCUT2D eigenvalue weighted by molar-refractivity contribution is 7.90. The van der Waals surface area contributed by atoms with Crippen LogP contribution in [0.4, 0.5) is 30.7 Å². The number of sulfonamides is 1. The van der Waals surface area contributed by atoms with Crippen LogP contribution in [0.15, 0.2) is 33.6 Å². The molecule has 0 spiro atoms. The minimum absolute atomic E-state index is 0.108. The molecule has 0 aliphatic heterocycles. The lowest BCUT2D eigenvalue weighted by Gasteiger charge is -2.16. The van der Waals surface area contributed by atoms with Crippen molar-refractivity contribution >= 4 is 32.7 Å².